The number of phosphoric ester groups is 1. The Hall–Kier alpha value is -4.87. The maximum atomic E-state index is 11.6. The summed E-state index contributed by atoms with van der Waals surface area (Å²) in [7, 11) is -4.76. The van der Waals surface area contributed by atoms with E-state index in [1.54, 1.807) is 23.2 Å². The van der Waals surface area contributed by atoms with Crippen molar-refractivity contribution in [2.45, 2.75) is 20.1 Å². The van der Waals surface area contributed by atoms with E-state index in [4.69, 9.17) is 4.52 Å². The van der Waals surface area contributed by atoms with Crippen molar-refractivity contribution in [1.29, 1.82) is 0 Å². The van der Waals surface area contributed by atoms with Gasteiger partial charge >= 0.3 is 7.82 Å². The maximum absolute atomic E-state index is 11.6. The van der Waals surface area contributed by atoms with Crippen molar-refractivity contribution in [1.82, 2.24) is 24.5 Å². The summed E-state index contributed by atoms with van der Waals surface area (Å²) in [5.41, 5.74) is 7.17. The van der Waals surface area contributed by atoms with Crippen molar-refractivity contribution in [2.75, 3.05) is 28.6 Å². The first kappa shape index (κ1) is 27.9. The van der Waals surface area contributed by atoms with Crippen LogP contribution < -0.4 is 15.5 Å². The molecule has 0 bridgehead atoms. The number of rotatable bonds is 9. The van der Waals surface area contributed by atoms with Crippen molar-refractivity contribution >= 4 is 58.5 Å². The fourth-order valence-corrected chi connectivity index (χ4v) is 5.47. The Morgan fingerprint density at radius 3 is 2.57 bits per heavy atom. The minimum atomic E-state index is -4.76. The number of nitrogens with one attached hydrogen (secondary N) is 2. The average molecular weight is 609 g/mol. The number of hydrogen-bond acceptors (Lipinski definition) is 9. The molecule has 0 radical (unpaired) electrons. The second-order valence-corrected chi connectivity index (χ2v) is 11.9. The van der Waals surface area contributed by atoms with Gasteiger partial charge in [-0.05, 0) is 73.5 Å². The zero-order chi connectivity index (χ0) is 30.3. The van der Waals surface area contributed by atoms with Crippen LogP contribution in [-0.4, -0.2) is 47.4 Å². The van der Waals surface area contributed by atoms with E-state index in [2.05, 4.69) is 47.6 Å². The van der Waals surface area contributed by atoms with Crippen LogP contribution in [0.2, 0.25) is 0 Å². The van der Waals surface area contributed by atoms with Crippen LogP contribution in [0.25, 0.3) is 33.5 Å². The van der Waals surface area contributed by atoms with Crippen molar-refractivity contribution in [2.24, 2.45) is 0 Å². The van der Waals surface area contributed by atoms with Crippen LogP contribution in [0.5, 0.6) is 0 Å². The third-order valence-corrected chi connectivity index (χ3v) is 7.95. The van der Waals surface area contributed by atoms with Crippen LogP contribution in [0.1, 0.15) is 12.0 Å². The molecule has 1 aliphatic rings. The molecule has 5 heterocycles. The van der Waals surface area contributed by atoms with Gasteiger partial charge in [-0.1, -0.05) is 12.1 Å². The number of aryl methyl sites for hydroxylation is 1. The van der Waals surface area contributed by atoms with Gasteiger partial charge in [-0.15, -0.1) is 0 Å². The molecule has 1 aliphatic heterocycles. The Balaban J connectivity index is 1.20. The van der Waals surface area contributed by atoms with Crippen LogP contribution in [-0.2, 0) is 15.8 Å². The zero-order valence-corrected chi connectivity index (χ0v) is 24.6. The van der Waals surface area contributed by atoms with Gasteiger partial charge in [0.2, 0.25) is 0 Å². The smallest absolute Gasteiger partial charge is 0.371 e. The van der Waals surface area contributed by atoms with E-state index in [-0.39, 0.29) is 0 Å². The van der Waals surface area contributed by atoms with Crippen molar-refractivity contribution in [3.05, 3.63) is 90.9 Å². The predicted octanol–water partition coefficient (Wildman–Crippen LogP) is 6.11. The van der Waals surface area contributed by atoms with Crippen LogP contribution in [0.4, 0.5) is 28.6 Å². The van der Waals surface area contributed by atoms with E-state index in [9.17, 15) is 14.4 Å². The zero-order valence-electron chi connectivity index (χ0n) is 23.8. The molecule has 0 atom stereocenters. The molecule has 0 spiro atoms. The molecule has 44 heavy (non-hydrogen) atoms. The average Bonchev–Trinajstić information content (AvgIpc) is 3.33. The molecular weight excluding hydrogens is 579 g/mol. The van der Waals surface area contributed by atoms with Gasteiger partial charge in [0.05, 0.1) is 28.6 Å². The van der Waals surface area contributed by atoms with Crippen molar-refractivity contribution in [3.63, 3.8) is 0 Å². The highest BCUT2D eigenvalue weighted by molar-refractivity contribution is 7.46. The summed E-state index contributed by atoms with van der Waals surface area (Å²) in [5, 5.41) is 7.72. The third-order valence-electron chi connectivity index (χ3n) is 7.50. The van der Waals surface area contributed by atoms with Gasteiger partial charge in [0.25, 0.3) is 0 Å². The van der Waals surface area contributed by atoms with E-state index in [1.807, 2.05) is 61.5 Å². The van der Waals surface area contributed by atoms with Gasteiger partial charge in [0.1, 0.15) is 18.4 Å². The molecule has 0 aliphatic carbocycles. The van der Waals surface area contributed by atoms with E-state index >= 15 is 0 Å². The summed E-state index contributed by atoms with van der Waals surface area (Å²) in [5.74, 6) is 1.02. The molecular formula is C31H29N8O4P. The Bertz CT molecular complexity index is 2040. The SMILES string of the molecule is Cc1cccc(Nc2cnc3nc(-c4ccc(Nc5ccnc6ccc(N7CCC7)cc56)nc4)n(COP(=O)(O)O)c3c2)c1. The minimum absolute atomic E-state index is 0.396. The number of aromatic nitrogens is 5. The van der Waals surface area contributed by atoms with Gasteiger partial charge < -0.3 is 25.3 Å². The maximum Gasteiger partial charge on any atom is 0.471 e. The van der Waals surface area contributed by atoms with Crippen LogP contribution in [0.15, 0.2) is 85.3 Å². The molecule has 12 nitrogen and oxygen atoms in total. The molecule has 7 rings (SSSR count). The molecule has 1 fully saturated rings. The summed E-state index contributed by atoms with van der Waals surface area (Å²) < 4.78 is 18.1. The Morgan fingerprint density at radius 2 is 1.82 bits per heavy atom. The molecule has 6 aromatic rings. The van der Waals surface area contributed by atoms with E-state index in [0.29, 0.717) is 34.1 Å². The van der Waals surface area contributed by atoms with E-state index in [0.717, 1.165) is 40.9 Å². The first-order valence-electron chi connectivity index (χ1n) is 14.1. The molecule has 0 saturated carbocycles. The molecule has 222 valence electrons. The molecule has 1 saturated heterocycles. The summed E-state index contributed by atoms with van der Waals surface area (Å²) in [6, 6.07) is 21.6. The lowest BCUT2D eigenvalue weighted by Gasteiger charge is -2.33. The lowest BCUT2D eigenvalue weighted by molar-refractivity contribution is 0.157. The van der Waals surface area contributed by atoms with Gasteiger partial charge in [0, 0.05) is 47.8 Å². The fourth-order valence-electron chi connectivity index (χ4n) is 5.20. The normalized spacial score (nSPS) is 13.3. The van der Waals surface area contributed by atoms with Crippen LogP contribution >= 0.6 is 7.82 Å². The molecule has 4 aromatic heterocycles. The number of benzene rings is 2. The predicted molar refractivity (Wildman–Crippen MR) is 170 cm³/mol. The number of phosphoric acid groups is 1. The Kier molecular flexibility index (Phi) is 7.19. The van der Waals surface area contributed by atoms with Gasteiger partial charge in [0.15, 0.2) is 5.65 Å². The second-order valence-electron chi connectivity index (χ2n) is 10.6. The number of hydrogen-bond donors (Lipinski definition) is 4. The molecule has 13 heteroatoms. The molecule has 0 unspecified atom stereocenters. The third kappa shape index (κ3) is 5.84. The second kappa shape index (κ2) is 11.3. The van der Waals surface area contributed by atoms with Gasteiger partial charge in [-0.2, -0.15) is 0 Å². The van der Waals surface area contributed by atoms with Gasteiger partial charge in [-0.25, -0.2) is 19.5 Å². The van der Waals surface area contributed by atoms with E-state index < -0.39 is 14.6 Å². The lowest BCUT2D eigenvalue weighted by Crippen LogP contribution is -2.36. The topological polar surface area (TPSA) is 151 Å². The quantitative estimate of drug-likeness (QED) is 0.141. The minimum Gasteiger partial charge on any atom is -0.371 e. The summed E-state index contributed by atoms with van der Waals surface area (Å²) in [6.45, 7) is 3.68. The first-order valence-corrected chi connectivity index (χ1v) is 15.6. The molecule has 2 aromatic carbocycles. The Morgan fingerprint density at radius 1 is 0.932 bits per heavy atom. The monoisotopic (exact) mass is 608 g/mol. The van der Waals surface area contributed by atoms with Gasteiger partial charge in [-0.3, -0.25) is 14.1 Å². The first-order chi connectivity index (χ1) is 21.3. The fraction of sp³-hybridized carbons (Fsp3) is 0.161. The number of nitrogens with zero attached hydrogens (tertiary/aromatic N) is 6. The highest BCUT2D eigenvalue weighted by Gasteiger charge is 2.20. The highest BCUT2D eigenvalue weighted by atomic mass is 31.2. The van der Waals surface area contributed by atoms with Crippen molar-refractivity contribution in [3.8, 4) is 11.4 Å². The summed E-state index contributed by atoms with van der Waals surface area (Å²) in [6.07, 6.45) is 6.28. The molecule has 4 N–H and O–H groups in total. The Labute approximate surface area is 252 Å². The van der Waals surface area contributed by atoms with Crippen LogP contribution in [0, 0.1) is 6.92 Å². The number of anilines is 5. The van der Waals surface area contributed by atoms with Crippen LogP contribution in [0.3, 0.4) is 0 Å². The standard InChI is InChI=1S/C31H29N8O4P/c1-20-4-2-5-22(14-20)35-23-15-28-30(34-18-23)37-31(39(28)19-43-44(40,41)42)21-6-9-29(33-17-21)36-27-10-11-32-26-8-7-24(16-25(26)27)38-12-3-13-38/h2,4-11,14-18,35H,3,12-13,19H2,1H3,(H,32,33,36)(H2,40,41,42). The van der Waals surface area contributed by atoms with E-state index in [1.165, 1.54) is 12.1 Å². The lowest BCUT2D eigenvalue weighted by atomic mass is 10.1. The molecule has 0 amide bonds. The summed E-state index contributed by atoms with van der Waals surface area (Å²) in [4.78, 5) is 39.5. The number of fused-ring (bicyclic) bond motifs is 2. The number of imidazole rings is 1. The number of pyridine rings is 3. The van der Waals surface area contributed by atoms with Crippen molar-refractivity contribution < 1.29 is 18.9 Å². The highest BCUT2D eigenvalue weighted by Crippen LogP contribution is 2.38. The summed E-state index contributed by atoms with van der Waals surface area (Å²) >= 11 is 0. The largest absolute Gasteiger partial charge is 0.471 e.